The van der Waals surface area contributed by atoms with Gasteiger partial charge in [-0.15, -0.1) is 0 Å². The van der Waals surface area contributed by atoms with Gasteiger partial charge in [0.05, 0.1) is 25.9 Å². The van der Waals surface area contributed by atoms with Gasteiger partial charge in [-0.2, -0.15) is 38.2 Å². The maximum Gasteiger partial charge on any atom is 0.294 e. The van der Waals surface area contributed by atoms with E-state index >= 15 is 0 Å². The molecule has 3 aromatic rings. The van der Waals surface area contributed by atoms with Crippen LogP contribution >= 0.6 is 0 Å². The topological polar surface area (TPSA) is 276 Å². The van der Waals surface area contributed by atoms with Gasteiger partial charge in [0.15, 0.2) is 5.71 Å². The van der Waals surface area contributed by atoms with Gasteiger partial charge in [0.2, 0.25) is 11.6 Å². The third-order valence-corrected chi connectivity index (χ3v) is 15.7. The van der Waals surface area contributed by atoms with Gasteiger partial charge in [-0.3, -0.25) is 23.0 Å². The normalized spacial score (nSPS) is 18.6. The van der Waals surface area contributed by atoms with Gasteiger partial charge in [0.25, 0.3) is 40.5 Å². The van der Waals surface area contributed by atoms with Gasteiger partial charge >= 0.3 is 0 Å². The first-order valence-electron chi connectivity index (χ1n) is 21.6. The second kappa shape index (κ2) is 19.5. The molecule has 0 atom stereocenters. The molecule has 2 heterocycles. The zero-order valence-electron chi connectivity index (χ0n) is 37.5. The van der Waals surface area contributed by atoms with Crippen LogP contribution in [0, 0.1) is 0 Å². The Balaban J connectivity index is 1.48. The average molecular weight is 1000 g/mol. The summed E-state index contributed by atoms with van der Waals surface area (Å²) >= 11 is 0. The molecule has 0 radical (unpaired) electrons. The molecule has 0 spiro atoms. The van der Waals surface area contributed by atoms with Crippen LogP contribution in [0.15, 0.2) is 122 Å². The molecule has 17 nitrogen and oxygen atoms in total. The van der Waals surface area contributed by atoms with E-state index < -0.39 is 63.0 Å². The highest BCUT2D eigenvalue weighted by atomic mass is 32.2. The van der Waals surface area contributed by atoms with Crippen LogP contribution in [0.4, 0.5) is 11.4 Å². The highest BCUT2D eigenvalue weighted by Crippen LogP contribution is 2.49. The molecule has 362 valence electrons. The van der Waals surface area contributed by atoms with Crippen LogP contribution in [0.5, 0.6) is 5.75 Å². The van der Waals surface area contributed by atoms with Gasteiger partial charge < -0.3 is 15.4 Å². The molecule has 1 amide bonds. The molecule has 0 saturated carbocycles. The number of hydrogen-bond donors (Lipinski definition) is 5. The third kappa shape index (κ3) is 12.0. The second-order valence-electron chi connectivity index (χ2n) is 17.9. The highest BCUT2D eigenvalue weighted by molar-refractivity contribution is 7.86. The van der Waals surface area contributed by atoms with Crippen LogP contribution in [0.2, 0.25) is 0 Å². The van der Waals surface area contributed by atoms with Crippen LogP contribution in [0.25, 0.3) is 0 Å². The molecule has 6 N–H and O–H groups in total. The molecule has 3 aliphatic rings. The molecule has 0 aromatic heterocycles. The van der Waals surface area contributed by atoms with E-state index in [9.17, 15) is 56.7 Å². The number of primary amides is 1. The standard InChI is InChI=1S/C46H55N3O14S4/c1-45(2)37-29-35(66(57,58)59)20-22-39(37)48(26-7-5-6-13-43(47)50)41(45)24-14-31-11-10-12-32(44(31)63-33-16-18-34(19-17-33)65(54,55)56)15-25-42-46(3,4)38-30-36(67(60,61)62)21-23-40(38)49(42)27-8-9-28-64(51,52)53/h14-25,29-30H,5-13,26-28H2,1-4H3,(H5-,47,50,51,52,53,54,55,56,57,58,59,60,61,62)/p+1. The Kier molecular flexibility index (Phi) is 15.0. The Bertz CT molecular complexity index is 3080. The van der Waals surface area contributed by atoms with E-state index in [1.807, 2.05) is 56.6 Å². The number of ether oxygens (including phenoxy) is 1. The highest BCUT2D eigenvalue weighted by Gasteiger charge is 2.45. The maximum atomic E-state index is 12.3. The van der Waals surface area contributed by atoms with Gasteiger partial charge in [0, 0.05) is 53.9 Å². The third-order valence-electron chi connectivity index (χ3n) is 12.4. The summed E-state index contributed by atoms with van der Waals surface area (Å²) in [4.78, 5) is 12.6. The van der Waals surface area contributed by atoms with Crippen molar-refractivity contribution in [2.45, 2.75) is 111 Å². The predicted octanol–water partition coefficient (Wildman–Crippen LogP) is 7.20. The molecule has 21 heteroatoms. The Morgan fingerprint density at radius 3 is 1.94 bits per heavy atom. The Morgan fingerprint density at radius 2 is 1.33 bits per heavy atom. The molecule has 0 unspecified atom stereocenters. The van der Waals surface area contributed by atoms with Crippen molar-refractivity contribution in [2.24, 2.45) is 5.73 Å². The molecule has 1 aliphatic carbocycles. The monoisotopic (exact) mass is 1000 g/mol. The molecule has 0 fully saturated rings. The minimum atomic E-state index is -4.56. The maximum absolute atomic E-state index is 12.3. The van der Waals surface area contributed by atoms with E-state index in [0.29, 0.717) is 86.3 Å². The van der Waals surface area contributed by atoms with Crippen LogP contribution in [0.1, 0.15) is 96.6 Å². The minimum absolute atomic E-state index is 0.144. The van der Waals surface area contributed by atoms with Gasteiger partial charge in [-0.1, -0.05) is 26.3 Å². The molecule has 67 heavy (non-hydrogen) atoms. The lowest BCUT2D eigenvalue weighted by Gasteiger charge is -2.27. The molecule has 2 aliphatic heterocycles. The van der Waals surface area contributed by atoms with E-state index in [1.165, 1.54) is 48.5 Å². The summed E-state index contributed by atoms with van der Waals surface area (Å²) in [5, 5.41) is 0. The minimum Gasteiger partial charge on any atom is -0.457 e. The van der Waals surface area contributed by atoms with Crippen molar-refractivity contribution >= 4 is 63.5 Å². The van der Waals surface area contributed by atoms with Crippen molar-refractivity contribution in [1.82, 2.24) is 0 Å². The number of anilines is 1. The number of fused-ring (bicyclic) bond motifs is 2. The molecular formula is C46H56N3O14S4+. The summed E-state index contributed by atoms with van der Waals surface area (Å²) in [7, 11) is -17.8. The van der Waals surface area contributed by atoms with Crippen molar-refractivity contribution in [1.29, 1.82) is 0 Å². The molecular weight excluding hydrogens is 947 g/mol. The Hall–Kier alpha value is -5.00. The van der Waals surface area contributed by atoms with Gasteiger partial charge in [-0.05, 0) is 136 Å². The van der Waals surface area contributed by atoms with E-state index in [2.05, 4.69) is 4.90 Å². The quantitative estimate of drug-likeness (QED) is 0.0451. The fraction of sp³-hybridized carbons (Fsp3) is 0.391. The predicted molar refractivity (Wildman–Crippen MR) is 252 cm³/mol. The van der Waals surface area contributed by atoms with E-state index in [0.717, 1.165) is 22.5 Å². The summed E-state index contributed by atoms with van der Waals surface area (Å²) in [5.74, 6) is -0.133. The first-order valence-corrected chi connectivity index (χ1v) is 27.5. The number of carbonyl (C=O) groups excluding carboxylic acids is 1. The van der Waals surface area contributed by atoms with Gasteiger partial charge in [-0.25, -0.2) is 0 Å². The zero-order valence-corrected chi connectivity index (χ0v) is 40.8. The zero-order chi connectivity index (χ0) is 49.3. The number of nitrogens with two attached hydrogens (primary N) is 1. The summed E-state index contributed by atoms with van der Waals surface area (Å²) in [5.41, 5.74) is 9.43. The van der Waals surface area contributed by atoms with E-state index in [4.69, 9.17) is 10.5 Å². The lowest BCUT2D eigenvalue weighted by Crippen LogP contribution is -2.28. The van der Waals surface area contributed by atoms with Gasteiger partial charge in [0.1, 0.15) is 18.1 Å². The van der Waals surface area contributed by atoms with E-state index in [-0.39, 0.29) is 33.3 Å². The van der Waals surface area contributed by atoms with Crippen molar-refractivity contribution in [3.63, 3.8) is 0 Å². The largest absolute Gasteiger partial charge is 0.457 e. The molecule has 3 aromatic carbocycles. The number of amides is 1. The van der Waals surface area contributed by atoms with Crippen LogP contribution in [-0.2, 0) is 56.1 Å². The van der Waals surface area contributed by atoms with Crippen LogP contribution < -0.4 is 15.4 Å². The number of hydrogen-bond acceptors (Lipinski definition) is 11. The number of nitrogens with zero attached hydrogens (tertiary/aromatic N) is 2. The van der Waals surface area contributed by atoms with Crippen LogP contribution in [-0.4, -0.2) is 86.9 Å². The lowest BCUT2D eigenvalue weighted by atomic mass is 9.81. The summed E-state index contributed by atoms with van der Waals surface area (Å²) in [6.07, 6.45) is 12.0. The van der Waals surface area contributed by atoms with Crippen LogP contribution in [0.3, 0.4) is 0 Å². The number of rotatable bonds is 19. The van der Waals surface area contributed by atoms with Crippen molar-refractivity contribution in [2.75, 3.05) is 23.7 Å². The first-order chi connectivity index (χ1) is 31.1. The number of unbranched alkanes of at least 4 members (excludes halogenated alkanes) is 3. The average Bonchev–Trinajstić information content (AvgIpc) is 3.57. The molecule has 0 bridgehead atoms. The molecule has 0 saturated heterocycles. The molecule has 6 rings (SSSR count). The lowest BCUT2D eigenvalue weighted by molar-refractivity contribution is -0.438. The summed E-state index contributed by atoms with van der Waals surface area (Å²) < 4.78 is 143. The smallest absolute Gasteiger partial charge is 0.294 e. The number of allylic oxidation sites excluding steroid dienone is 7. The SMILES string of the molecule is CC1(C)C(/C=C/C2=C(Oc3ccc(S(=O)(=O)O)cc3)C(=C/C=C3\N(CCCCCC(N)=O)c4ccc(S(=O)(=O)O)cc4C3(C)C)/CCC2)=[N+](CCCCS(=O)(=O)O)c2ccc(S(=O)(=O)O)cc21. The van der Waals surface area contributed by atoms with Crippen molar-refractivity contribution in [3.05, 3.63) is 119 Å². The summed E-state index contributed by atoms with van der Waals surface area (Å²) in [6.45, 7) is 8.48. The fourth-order valence-corrected chi connectivity index (χ4v) is 11.0. The number of benzene rings is 3. The second-order valence-corrected chi connectivity index (χ2v) is 23.7. The summed E-state index contributed by atoms with van der Waals surface area (Å²) in [6, 6.07) is 14.0. The fourth-order valence-electron chi connectivity index (χ4n) is 8.92. The Morgan fingerprint density at radius 1 is 0.716 bits per heavy atom. The van der Waals surface area contributed by atoms with E-state index in [1.54, 1.807) is 12.1 Å². The number of carbonyl (C=O) groups is 1. The van der Waals surface area contributed by atoms with Crippen molar-refractivity contribution < 1.29 is 66.0 Å². The van der Waals surface area contributed by atoms with Crippen molar-refractivity contribution in [3.8, 4) is 5.75 Å². The Labute approximate surface area is 392 Å². The first kappa shape index (κ1) is 51.4.